The van der Waals surface area contributed by atoms with E-state index in [2.05, 4.69) is 0 Å². The van der Waals surface area contributed by atoms with Crippen LogP contribution in [0.3, 0.4) is 0 Å². The molecule has 8 heavy (non-hydrogen) atoms. The molecule has 8 heteroatoms. The first-order chi connectivity index (χ1) is 2.00. The Morgan fingerprint density at radius 1 is 1.38 bits per heavy atom. The van der Waals surface area contributed by atoms with Gasteiger partial charge in [-0.15, -0.1) is 0 Å². The first-order valence-corrected chi connectivity index (χ1v) is 2.24. The van der Waals surface area contributed by atoms with E-state index in [9.17, 15) is 0 Å². The van der Waals surface area contributed by atoms with Gasteiger partial charge in [0.05, 0.1) is 7.82 Å². The number of hydrogen-bond donors (Lipinski definition) is 1. The van der Waals surface area contributed by atoms with Gasteiger partial charge in [-0.05, 0) is 0 Å². The van der Waals surface area contributed by atoms with E-state index in [4.69, 9.17) is 19.2 Å². The molecule has 0 unspecified atom stereocenters. The number of phosphoric acid groups is 1. The third-order valence-electron chi connectivity index (χ3n) is 0. The molecule has 0 aliphatic rings. The van der Waals surface area contributed by atoms with Crippen molar-refractivity contribution in [1.82, 2.24) is 0 Å². The maximum absolute atomic E-state index is 8.66. The van der Waals surface area contributed by atoms with Crippen molar-refractivity contribution in [2.24, 2.45) is 0 Å². The zero-order chi connectivity index (χ0) is 4.50. The van der Waals surface area contributed by atoms with Crippen LogP contribution in [0.5, 0.6) is 0 Å². The number of halogens is 1. The Hall–Kier alpha value is 3.46. The molecule has 0 aromatic heterocycles. The first-order valence-electron chi connectivity index (χ1n) is 0.748. The second-order valence-electron chi connectivity index (χ2n) is 0.469. The topological polar surface area (TPSA) is 83.4 Å². The van der Waals surface area contributed by atoms with Crippen molar-refractivity contribution in [1.29, 1.82) is 0 Å². The molecule has 0 radical (unpaired) electrons. The number of hydrogen-bond acceptors (Lipinski definition) is 3. The molecule has 0 heterocycles. The largest absolute Gasteiger partial charge is 2.00 e. The van der Waals surface area contributed by atoms with Crippen molar-refractivity contribution < 1.29 is 89.8 Å². The van der Waals surface area contributed by atoms with Gasteiger partial charge in [-0.3, -0.25) is 0 Å². The summed E-state index contributed by atoms with van der Waals surface area (Å²) in [5.74, 6) is 0. The van der Waals surface area contributed by atoms with Crippen LogP contribution in [0.15, 0.2) is 0 Å². The predicted molar refractivity (Wildman–Crippen MR) is 15.6 cm³/mol. The maximum atomic E-state index is 8.66. The van der Waals surface area contributed by atoms with E-state index in [1.54, 1.807) is 0 Å². The van der Waals surface area contributed by atoms with Crippen LogP contribution in [0.2, 0.25) is 0 Å². The van der Waals surface area contributed by atoms with Crippen molar-refractivity contribution in [2.45, 2.75) is 0 Å². The van der Waals surface area contributed by atoms with E-state index >= 15 is 0 Å². The molecule has 0 aliphatic carbocycles. The van der Waals surface area contributed by atoms with Crippen LogP contribution in [0.25, 0.3) is 0 Å². The van der Waals surface area contributed by atoms with Crippen molar-refractivity contribution in [2.75, 3.05) is 0 Å². The SMILES string of the molecule is O=P([O-])([O-])O.[Ca+2].[Cl-].[Rb+]. The van der Waals surface area contributed by atoms with Gasteiger partial charge in [0.15, 0.2) is 0 Å². The van der Waals surface area contributed by atoms with Crippen molar-refractivity contribution in [3.63, 3.8) is 0 Å². The summed E-state index contributed by atoms with van der Waals surface area (Å²) in [5.41, 5.74) is 0. The maximum Gasteiger partial charge on any atom is 2.00 e. The molecule has 40 valence electrons. The fourth-order valence-electron chi connectivity index (χ4n) is 0. The molecule has 0 saturated carbocycles. The van der Waals surface area contributed by atoms with Gasteiger partial charge < -0.3 is 31.7 Å². The minimum absolute atomic E-state index is 0. The fourth-order valence-corrected chi connectivity index (χ4v) is 0. The van der Waals surface area contributed by atoms with Crippen LogP contribution in [-0.2, 0) is 4.57 Å². The average Bonchev–Trinajstić information content (AvgIpc) is 0.722. The van der Waals surface area contributed by atoms with Gasteiger partial charge in [0.2, 0.25) is 0 Å². The summed E-state index contributed by atoms with van der Waals surface area (Å²) >= 11 is 0. The monoisotopic (exact) mass is 256 g/mol. The third kappa shape index (κ3) is 56.5. The minimum atomic E-state index is -5.14. The Morgan fingerprint density at radius 2 is 1.38 bits per heavy atom. The molecule has 0 aromatic rings. The second kappa shape index (κ2) is 10.5. The summed E-state index contributed by atoms with van der Waals surface area (Å²) < 4.78 is 8.66. The summed E-state index contributed by atoms with van der Waals surface area (Å²) in [6, 6.07) is 0. The van der Waals surface area contributed by atoms with Crippen molar-refractivity contribution in [3.8, 4) is 0 Å². The van der Waals surface area contributed by atoms with Gasteiger partial charge in [0.25, 0.3) is 0 Å². The van der Waals surface area contributed by atoms with E-state index in [0.717, 1.165) is 0 Å². The van der Waals surface area contributed by atoms with E-state index in [1.165, 1.54) is 0 Å². The molecule has 1 N–H and O–H groups in total. The molecule has 0 bridgehead atoms. The summed E-state index contributed by atoms with van der Waals surface area (Å²) in [4.78, 5) is 24.3. The Kier molecular flexibility index (Phi) is 29.5. The molecule has 0 saturated heterocycles. The normalized spacial score (nSPS) is 7.38. The molecule has 0 amide bonds. The Morgan fingerprint density at radius 3 is 1.38 bits per heavy atom. The zero-order valence-electron chi connectivity index (χ0n) is 4.20. The number of rotatable bonds is 0. The van der Waals surface area contributed by atoms with Gasteiger partial charge in [-0.1, -0.05) is 0 Å². The molecule has 0 spiro atoms. The summed E-state index contributed by atoms with van der Waals surface area (Å²) in [6.07, 6.45) is 0. The standard InChI is InChI=1S/Ca.ClH.H3O4P.Rb/c;;1-5(2,3)4;/h;1H;(H3,1,2,3,4);/q+2;;;+1/p-3. The van der Waals surface area contributed by atoms with Gasteiger partial charge >= 0.3 is 95.9 Å². The Bertz CT molecular complexity index is 62.2. The quantitative estimate of drug-likeness (QED) is 0.345. The van der Waals surface area contributed by atoms with E-state index in [1.807, 2.05) is 0 Å². The zero-order valence-corrected chi connectivity index (χ0v) is 13.0. The molecule has 0 aliphatic heterocycles. The third-order valence-corrected chi connectivity index (χ3v) is 0. The van der Waals surface area contributed by atoms with Crippen molar-refractivity contribution in [3.05, 3.63) is 0 Å². The van der Waals surface area contributed by atoms with Crippen LogP contribution in [-0.4, -0.2) is 42.6 Å². The van der Waals surface area contributed by atoms with Crippen molar-refractivity contribution >= 4 is 45.6 Å². The van der Waals surface area contributed by atoms with Crippen LogP contribution < -0.4 is 80.4 Å². The smallest absolute Gasteiger partial charge is 1.00 e. The molecule has 4 nitrogen and oxygen atoms in total. The predicted octanol–water partition coefficient (Wildman–Crippen LogP) is -8.57. The van der Waals surface area contributed by atoms with Crippen LogP contribution in [0, 0.1) is 0 Å². The van der Waals surface area contributed by atoms with Crippen LogP contribution in [0.4, 0.5) is 0 Å². The van der Waals surface area contributed by atoms with E-state index in [-0.39, 0.29) is 108 Å². The molecule has 0 atom stereocenters. The summed E-state index contributed by atoms with van der Waals surface area (Å²) in [5, 5.41) is 0. The second-order valence-corrected chi connectivity index (χ2v) is 1.41. The average molecular weight is 257 g/mol. The Balaban J connectivity index is -0.0000000267. The molecule has 0 rings (SSSR count). The molecule has 0 fully saturated rings. The first kappa shape index (κ1) is 22.5. The van der Waals surface area contributed by atoms with Gasteiger partial charge in [0, 0.05) is 0 Å². The van der Waals surface area contributed by atoms with Gasteiger partial charge in [-0.25, -0.2) is 0 Å². The van der Waals surface area contributed by atoms with Crippen LogP contribution >= 0.6 is 7.82 Å². The van der Waals surface area contributed by atoms with E-state index in [0.29, 0.717) is 0 Å². The molecular weight excluding hydrogens is 256 g/mol. The molecule has 0 aromatic carbocycles. The van der Waals surface area contributed by atoms with Gasteiger partial charge in [0.1, 0.15) is 0 Å². The molecular formula is HCaClO4PRb. The Labute approximate surface area is 132 Å². The fraction of sp³-hybridized carbons (Fsp3) is 0. The van der Waals surface area contributed by atoms with E-state index < -0.39 is 7.82 Å². The summed E-state index contributed by atoms with van der Waals surface area (Å²) in [7, 11) is -5.14. The minimum Gasteiger partial charge on any atom is -1.00 e. The van der Waals surface area contributed by atoms with Gasteiger partial charge in [-0.2, -0.15) is 0 Å². The summed E-state index contributed by atoms with van der Waals surface area (Å²) in [6.45, 7) is 0. The van der Waals surface area contributed by atoms with Crippen LogP contribution in [0.1, 0.15) is 0 Å².